The number of epoxide rings is 1. The Kier molecular flexibility index (Phi) is 3.54. The molecular formula is C19H34O2. The van der Waals surface area contributed by atoms with Crippen LogP contribution in [0.15, 0.2) is 0 Å². The molecule has 3 rings (SSSR count). The van der Waals surface area contributed by atoms with E-state index in [1.54, 1.807) is 0 Å². The molecule has 2 heteroatoms. The van der Waals surface area contributed by atoms with Crippen LogP contribution in [0, 0.1) is 23.2 Å². The first-order chi connectivity index (χ1) is 9.61. The lowest BCUT2D eigenvalue weighted by Crippen LogP contribution is -2.59. The van der Waals surface area contributed by atoms with Crippen LogP contribution in [-0.2, 0) is 9.47 Å². The molecule has 7 atom stereocenters. The molecule has 2 aliphatic heterocycles. The molecule has 0 N–H and O–H groups in total. The maximum atomic E-state index is 6.54. The third-order valence-corrected chi connectivity index (χ3v) is 7.00. The van der Waals surface area contributed by atoms with Gasteiger partial charge >= 0.3 is 0 Å². The highest BCUT2D eigenvalue weighted by molar-refractivity contribution is 5.21. The van der Waals surface area contributed by atoms with Crippen molar-refractivity contribution in [2.75, 3.05) is 0 Å². The Morgan fingerprint density at radius 3 is 2.14 bits per heavy atom. The second-order valence-electron chi connectivity index (χ2n) is 9.28. The molecular weight excluding hydrogens is 260 g/mol. The lowest BCUT2D eigenvalue weighted by atomic mass is 9.57. The van der Waals surface area contributed by atoms with Gasteiger partial charge in [0.05, 0.1) is 17.8 Å². The van der Waals surface area contributed by atoms with Gasteiger partial charge in [0.2, 0.25) is 0 Å². The molecule has 1 saturated carbocycles. The molecule has 1 aliphatic carbocycles. The predicted octanol–water partition coefficient (Wildman–Crippen LogP) is 4.81. The standard InChI is InChI=1S/C19H34O2/c1-12-8-14(3)16-19(11-12,21-16)17(5,6)18(7)10-13(2)9-15(4)20-18/h12-16H,8-11H2,1-7H3. The molecule has 0 aromatic heterocycles. The van der Waals surface area contributed by atoms with Gasteiger partial charge in [0, 0.05) is 5.41 Å². The highest BCUT2D eigenvalue weighted by atomic mass is 16.6. The van der Waals surface area contributed by atoms with Crippen LogP contribution in [0.2, 0.25) is 0 Å². The summed E-state index contributed by atoms with van der Waals surface area (Å²) >= 11 is 0. The zero-order valence-electron chi connectivity index (χ0n) is 15.0. The normalized spacial score (nSPS) is 54.1. The second kappa shape index (κ2) is 4.71. The maximum Gasteiger partial charge on any atom is 0.103 e. The Bertz CT molecular complexity index is 394. The minimum Gasteiger partial charge on any atom is -0.372 e. The van der Waals surface area contributed by atoms with E-state index in [0.717, 1.165) is 18.3 Å². The van der Waals surface area contributed by atoms with Crippen molar-refractivity contribution in [2.24, 2.45) is 23.2 Å². The topological polar surface area (TPSA) is 21.8 Å². The summed E-state index contributed by atoms with van der Waals surface area (Å²) in [7, 11) is 0. The Balaban J connectivity index is 1.90. The van der Waals surface area contributed by atoms with Crippen molar-refractivity contribution >= 4 is 0 Å². The molecule has 0 spiro atoms. The summed E-state index contributed by atoms with van der Waals surface area (Å²) in [6.45, 7) is 16.5. The van der Waals surface area contributed by atoms with Gasteiger partial charge in [0.25, 0.3) is 0 Å². The average molecular weight is 294 g/mol. The Labute approximate surface area is 131 Å². The van der Waals surface area contributed by atoms with E-state index in [2.05, 4.69) is 48.5 Å². The van der Waals surface area contributed by atoms with Crippen LogP contribution in [-0.4, -0.2) is 23.4 Å². The fraction of sp³-hybridized carbons (Fsp3) is 1.00. The highest BCUT2D eigenvalue weighted by Gasteiger charge is 2.73. The van der Waals surface area contributed by atoms with Gasteiger partial charge in [-0.3, -0.25) is 0 Å². The van der Waals surface area contributed by atoms with Gasteiger partial charge in [-0.1, -0.05) is 34.6 Å². The number of rotatable bonds is 2. The fourth-order valence-corrected chi connectivity index (χ4v) is 5.76. The van der Waals surface area contributed by atoms with Crippen molar-refractivity contribution < 1.29 is 9.47 Å². The summed E-state index contributed by atoms with van der Waals surface area (Å²) in [4.78, 5) is 0. The maximum absolute atomic E-state index is 6.54. The summed E-state index contributed by atoms with van der Waals surface area (Å²) in [5.74, 6) is 2.19. The lowest BCUT2D eigenvalue weighted by molar-refractivity contribution is -0.203. The van der Waals surface area contributed by atoms with Gasteiger partial charge in [-0.05, 0) is 57.3 Å². The molecule has 21 heavy (non-hydrogen) atoms. The molecule has 2 heterocycles. The summed E-state index contributed by atoms with van der Waals surface area (Å²) in [5, 5.41) is 0. The molecule has 0 amide bonds. The quantitative estimate of drug-likeness (QED) is 0.682. The monoisotopic (exact) mass is 294 g/mol. The predicted molar refractivity (Wildman–Crippen MR) is 86.3 cm³/mol. The number of hydrogen-bond acceptors (Lipinski definition) is 2. The molecule has 2 nitrogen and oxygen atoms in total. The van der Waals surface area contributed by atoms with Crippen LogP contribution in [0.3, 0.4) is 0 Å². The molecule has 7 unspecified atom stereocenters. The minimum absolute atomic E-state index is 0.0512. The van der Waals surface area contributed by atoms with Crippen molar-refractivity contribution in [3.05, 3.63) is 0 Å². The van der Waals surface area contributed by atoms with E-state index in [0.29, 0.717) is 18.1 Å². The van der Waals surface area contributed by atoms with Crippen LogP contribution >= 0.6 is 0 Å². The van der Waals surface area contributed by atoms with Crippen LogP contribution in [0.25, 0.3) is 0 Å². The fourth-order valence-electron chi connectivity index (χ4n) is 5.76. The van der Waals surface area contributed by atoms with Gasteiger partial charge in [-0.2, -0.15) is 0 Å². The van der Waals surface area contributed by atoms with Crippen LogP contribution in [0.1, 0.15) is 74.1 Å². The smallest absolute Gasteiger partial charge is 0.103 e. The van der Waals surface area contributed by atoms with E-state index in [1.165, 1.54) is 19.3 Å². The van der Waals surface area contributed by atoms with Gasteiger partial charge in [-0.25, -0.2) is 0 Å². The van der Waals surface area contributed by atoms with Crippen molar-refractivity contribution in [1.82, 2.24) is 0 Å². The Morgan fingerprint density at radius 1 is 0.905 bits per heavy atom. The number of hydrogen-bond donors (Lipinski definition) is 0. The molecule has 0 aromatic rings. The molecule has 122 valence electrons. The van der Waals surface area contributed by atoms with E-state index in [9.17, 15) is 0 Å². The Morgan fingerprint density at radius 2 is 1.52 bits per heavy atom. The zero-order chi connectivity index (χ0) is 15.6. The van der Waals surface area contributed by atoms with Gasteiger partial charge in [-0.15, -0.1) is 0 Å². The molecule has 0 aromatic carbocycles. The first-order valence-electron chi connectivity index (χ1n) is 8.97. The van der Waals surface area contributed by atoms with Crippen molar-refractivity contribution in [3.63, 3.8) is 0 Å². The van der Waals surface area contributed by atoms with E-state index < -0.39 is 0 Å². The molecule has 0 bridgehead atoms. The highest BCUT2D eigenvalue weighted by Crippen LogP contribution is 2.65. The minimum atomic E-state index is -0.0738. The zero-order valence-corrected chi connectivity index (χ0v) is 15.0. The van der Waals surface area contributed by atoms with Gasteiger partial charge in [0.1, 0.15) is 5.60 Å². The van der Waals surface area contributed by atoms with Crippen molar-refractivity contribution in [1.29, 1.82) is 0 Å². The van der Waals surface area contributed by atoms with Gasteiger partial charge < -0.3 is 9.47 Å². The number of ether oxygens (including phenoxy) is 2. The molecule has 3 fully saturated rings. The van der Waals surface area contributed by atoms with E-state index in [-0.39, 0.29) is 16.6 Å². The van der Waals surface area contributed by atoms with Crippen LogP contribution in [0.4, 0.5) is 0 Å². The molecule has 3 aliphatic rings. The van der Waals surface area contributed by atoms with E-state index >= 15 is 0 Å². The third-order valence-electron chi connectivity index (χ3n) is 7.00. The summed E-state index contributed by atoms with van der Waals surface area (Å²) in [6.07, 6.45) is 5.69. The van der Waals surface area contributed by atoms with E-state index in [4.69, 9.17) is 9.47 Å². The summed E-state index contributed by atoms with van der Waals surface area (Å²) < 4.78 is 13.0. The summed E-state index contributed by atoms with van der Waals surface area (Å²) in [6, 6.07) is 0. The first kappa shape index (κ1) is 15.8. The Hall–Kier alpha value is -0.0800. The van der Waals surface area contributed by atoms with E-state index in [1.807, 2.05) is 0 Å². The second-order valence-corrected chi connectivity index (χ2v) is 9.28. The number of fused-ring (bicyclic) bond motifs is 1. The lowest BCUT2D eigenvalue weighted by Gasteiger charge is -2.54. The first-order valence-corrected chi connectivity index (χ1v) is 8.97. The van der Waals surface area contributed by atoms with Crippen LogP contribution < -0.4 is 0 Å². The van der Waals surface area contributed by atoms with Crippen molar-refractivity contribution in [3.8, 4) is 0 Å². The largest absolute Gasteiger partial charge is 0.372 e. The summed E-state index contributed by atoms with van der Waals surface area (Å²) in [5.41, 5.74) is 0.0434. The molecule has 2 saturated heterocycles. The SMILES string of the molecule is CC1CC(C)OC(C)(C(C)(C)C23CC(C)CC(C)C2O3)C1. The van der Waals surface area contributed by atoms with Gasteiger partial charge in [0.15, 0.2) is 0 Å². The third kappa shape index (κ3) is 2.20. The molecule has 0 radical (unpaired) electrons. The van der Waals surface area contributed by atoms with Crippen molar-refractivity contribution in [2.45, 2.75) is 97.6 Å². The van der Waals surface area contributed by atoms with Crippen LogP contribution in [0.5, 0.6) is 0 Å². The average Bonchev–Trinajstić information content (AvgIpc) is 3.03.